The van der Waals surface area contributed by atoms with Crippen molar-refractivity contribution >= 4 is 17.1 Å². The molecule has 1 saturated heterocycles. The van der Waals surface area contributed by atoms with Crippen molar-refractivity contribution in [2.45, 2.75) is 51.9 Å². The standard InChI is InChI=1S/C32H39NO2/c1-23-16-18-32(24(2)26-10-5-3-6-11-26)29(23)20-28(31(32)27-12-7-4-8-13-27)14-9-15-30(35)33-19-17-25(21-33)22-34/h3-8,10-13,23,25,29,34H,2,9,14-22H2,1H3/t23-,25-,29+,32+/m1/s1. The quantitative estimate of drug-likeness (QED) is 0.473. The monoisotopic (exact) mass is 469 g/mol. The van der Waals surface area contributed by atoms with Gasteiger partial charge in [0, 0.05) is 37.5 Å². The number of carbonyl (C=O) groups excluding carboxylic acids is 1. The summed E-state index contributed by atoms with van der Waals surface area (Å²) in [5, 5.41) is 9.42. The highest BCUT2D eigenvalue weighted by atomic mass is 16.3. The van der Waals surface area contributed by atoms with E-state index in [-0.39, 0.29) is 23.8 Å². The minimum absolute atomic E-state index is 0.0231. The average Bonchev–Trinajstić information content (AvgIpc) is 3.59. The SMILES string of the molecule is C=C(c1ccccc1)[C@@]12CC[C@@H](C)[C@@H]1CC(CCCC(=O)N1CC[C@@H](CO)C1)=C2c1ccccc1. The van der Waals surface area contributed by atoms with Crippen LogP contribution in [-0.4, -0.2) is 35.6 Å². The molecule has 1 heterocycles. The number of nitrogens with zero attached hydrogens (tertiary/aromatic N) is 1. The molecule has 1 amide bonds. The number of fused-ring (bicyclic) bond motifs is 1. The summed E-state index contributed by atoms with van der Waals surface area (Å²) in [6.07, 6.45) is 6.88. The molecule has 3 aliphatic rings. The highest BCUT2D eigenvalue weighted by molar-refractivity contribution is 5.90. The van der Waals surface area contributed by atoms with Crippen molar-refractivity contribution in [1.82, 2.24) is 4.90 Å². The number of aliphatic hydroxyl groups is 1. The third kappa shape index (κ3) is 4.40. The molecule has 35 heavy (non-hydrogen) atoms. The number of carbonyl (C=O) groups is 1. The highest BCUT2D eigenvalue weighted by Crippen LogP contribution is 2.67. The van der Waals surface area contributed by atoms with E-state index < -0.39 is 0 Å². The lowest BCUT2D eigenvalue weighted by Gasteiger charge is -2.37. The van der Waals surface area contributed by atoms with E-state index in [9.17, 15) is 9.90 Å². The molecule has 1 N–H and O–H groups in total. The van der Waals surface area contributed by atoms with Crippen LogP contribution in [0.3, 0.4) is 0 Å². The molecule has 2 aromatic carbocycles. The Morgan fingerprint density at radius 1 is 1.09 bits per heavy atom. The summed E-state index contributed by atoms with van der Waals surface area (Å²) < 4.78 is 0. The number of benzene rings is 2. The van der Waals surface area contributed by atoms with Gasteiger partial charge in [0.25, 0.3) is 0 Å². The molecule has 3 nitrogen and oxygen atoms in total. The Balaban J connectivity index is 1.44. The maximum Gasteiger partial charge on any atom is 0.222 e. The maximum atomic E-state index is 12.9. The van der Waals surface area contributed by atoms with Gasteiger partial charge >= 0.3 is 0 Å². The molecule has 184 valence electrons. The van der Waals surface area contributed by atoms with Gasteiger partial charge in [-0.25, -0.2) is 0 Å². The van der Waals surface area contributed by atoms with Crippen molar-refractivity contribution in [3.8, 4) is 0 Å². The number of allylic oxidation sites excluding steroid dienone is 3. The average molecular weight is 470 g/mol. The Bertz CT molecular complexity index is 1090. The minimum atomic E-state index is -0.0231. The van der Waals surface area contributed by atoms with Gasteiger partial charge in [-0.05, 0) is 72.6 Å². The second-order valence-electron chi connectivity index (χ2n) is 11.0. The van der Waals surface area contributed by atoms with Crippen LogP contribution < -0.4 is 0 Å². The van der Waals surface area contributed by atoms with Gasteiger partial charge in [-0.2, -0.15) is 0 Å². The molecular formula is C32H39NO2. The Labute approximate surface area is 210 Å². The third-order valence-electron chi connectivity index (χ3n) is 9.07. The summed E-state index contributed by atoms with van der Waals surface area (Å²) in [4.78, 5) is 14.8. The van der Waals surface area contributed by atoms with Crippen molar-refractivity contribution < 1.29 is 9.90 Å². The molecule has 2 aliphatic carbocycles. The fraction of sp³-hybridized carbons (Fsp3) is 0.469. The van der Waals surface area contributed by atoms with E-state index in [0.717, 1.165) is 38.6 Å². The number of hydrogen-bond acceptors (Lipinski definition) is 2. The van der Waals surface area contributed by atoms with Crippen LogP contribution in [0.2, 0.25) is 0 Å². The van der Waals surface area contributed by atoms with E-state index in [2.05, 4.69) is 67.6 Å². The second-order valence-corrected chi connectivity index (χ2v) is 11.0. The van der Waals surface area contributed by atoms with Crippen LogP contribution in [0.4, 0.5) is 0 Å². The van der Waals surface area contributed by atoms with E-state index in [0.29, 0.717) is 24.8 Å². The normalized spacial score (nSPS) is 27.9. The van der Waals surface area contributed by atoms with E-state index in [1.165, 1.54) is 34.3 Å². The summed E-state index contributed by atoms with van der Waals surface area (Å²) in [6, 6.07) is 21.7. The Hall–Kier alpha value is -2.65. The Kier molecular flexibility index (Phi) is 6.98. The van der Waals surface area contributed by atoms with Crippen molar-refractivity contribution in [3.63, 3.8) is 0 Å². The topological polar surface area (TPSA) is 40.5 Å². The molecule has 2 aromatic rings. The van der Waals surface area contributed by atoms with Crippen molar-refractivity contribution in [2.75, 3.05) is 19.7 Å². The van der Waals surface area contributed by atoms with Crippen LogP contribution in [0.5, 0.6) is 0 Å². The summed E-state index contributed by atoms with van der Waals surface area (Å²) in [6.45, 7) is 8.86. The van der Waals surface area contributed by atoms with Crippen LogP contribution in [0.1, 0.15) is 63.0 Å². The van der Waals surface area contributed by atoms with Gasteiger partial charge in [-0.15, -0.1) is 0 Å². The minimum Gasteiger partial charge on any atom is -0.396 e. The third-order valence-corrected chi connectivity index (χ3v) is 9.07. The lowest BCUT2D eigenvalue weighted by atomic mass is 9.66. The van der Waals surface area contributed by atoms with Gasteiger partial charge in [-0.1, -0.05) is 79.7 Å². The molecule has 0 unspecified atom stereocenters. The molecule has 4 atom stereocenters. The van der Waals surface area contributed by atoms with Gasteiger partial charge in [0.2, 0.25) is 5.91 Å². The number of amides is 1. The number of hydrogen-bond donors (Lipinski definition) is 1. The molecule has 0 spiro atoms. The summed E-state index contributed by atoms with van der Waals surface area (Å²) in [5.74, 6) is 1.73. The van der Waals surface area contributed by atoms with Gasteiger partial charge in [0.1, 0.15) is 0 Å². The zero-order chi connectivity index (χ0) is 24.4. The van der Waals surface area contributed by atoms with E-state index in [1.807, 2.05) is 4.90 Å². The first-order chi connectivity index (χ1) is 17.0. The lowest BCUT2D eigenvalue weighted by Crippen LogP contribution is -2.28. The predicted octanol–water partition coefficient (Wildman–Crippen LogP) is 6.60. The smallest absolute Gasteiger partial charge is 0.222 e. The van der Waals surface area contributed by atoms with Gasteiger partial charge in [0.05, 0.1) is 0 Å². The van der Waals surface area contributed by atoms with E-state index >= 15 is 0 Å². The van der Waals surface area contributed by atoms with Crippen molar-refractivity contribution in [2.24, 2.45) is 23.2 Å². The lowest BCUT2D eigenvalue weighted by molar-refractivity contribution is -0.130. The predicted molar refractivity (Wildman–Crippen MR) is 143 cm³/mol. The fourth-order valence-electron chi connectivity index (χ4n) is 7.23. The Morgan fingerprint density at radius 2 is 1.80 bits per heavy atom. The first-order valence-electron chi connectivity index (χ1n) is 13.5. The first-order valence-corrected chi connectivity index (χ1v) is 13.5. The van der Waals surface area contributed by atoms with E-state index in [4.69, 9.17) is 6.58 Å². The van der Waals surface area contributed by atoms with Crippen LogP contribution in [0.15, 0.2) is 72.8 Å². The van der Waals surface area contributed by atoms with Crippen LogP contribution in [0.25, 0.3) is 11.1 Å². The summed E-state index contributed by atoms with van der Waals surface area (Å²) in [7, 11) is 0. The molecular weight excluding hydrogens is 430 g/mol. The van der Waals surface area contributed by atoms with Crippen molar-refractivity contribution in [3.05, 3.63) is 83.9 Å². The molecule has 2 fully saturated rings. The summed E-state index contributed by atoms with van der Waals surface area (Å²) >= 11 is 0. The van der Waals surface area contributed by atoms with Gasteiger partial charge in [0.15, 0.2) is 0 Å². The molecule has 5 rings (SSSR count). The number of rotatable bonds is 8. The van der Waals surface area contributed by atoms with Crippen LogP contribution >= 0.6 is 0 Å². The molecule has 3 heteroatoms. The first kappa shape index (κ1) is 24.1. The number of likely N-dealkylation sites (tertiary alicyclic amines) is 1. The Morgan fingerprint density at radius 3 is 2.49 bits per heavy atom. The number of aliphatic hydroxyl groups excluding tert-OH is 1. The zero-order valence-corrected chi connectivity index (χ0v) is 21.1. The molecule has 0 bridgehead atoms. The van der Waals surface area contributed by atoms with Gasteiger partial charge in [-0.3, -0.25) is 4.79 Å². The molecule has 1 saturated carbocycles. The van der Waals surface area contributed by atoms with Crippen LogP contribution in [-0.2, 0) is 4.79 Å². The van der Waals surface area contributed by atoms with Crippen LogP contribution in [0, 0.1) is 23.2 Å². The fourth-order valence-corrected chi connectivity index (χ4v) is 7.23. The molecule has 0 aromatic heterocycles. The molecule has 0 radical (unpaired) electrons. The maximum absolute atomic E-state index is 12.9. The van der Waals surface area contributed by atoms with Crippen molar-refractivity contribution in [1.29, 1.82) is 0 Å². The van der Waals surface area contributed by atoms with E-state index in [1.54, 1.807) is 0 Å². The largest absolute Gasteiger partial charge is 0.396 e. The summed E-state index contributed by atoms with van der Waals surface area (Å²) in [5.41, 5.74) is 6.86. The molecule has 1 aliphatic heterocycles. The highest BCUT2D eigenvalue weighted by Gasteiger charge is 2.55. The zero-order valence-electron chi connectivity index (χ0n) is 21.1. The second kappa shape index (κ2) is 10.1. The van der Waals surface area contributed by atoms with Gasteiger partial charge < -0.3 is 10.0 Å².